The number of carbonyl (C=O) groups excluding carboxylic acids is 1. The summed E-state index contributed by atoms with van der Waals surface area (Å²) in [7, 11) is 0. The normalized spacial score (nSPS) is 11.2. The lowest BCUT2D eigenvalue weighted by Crippen LogP contribution is -2.04. The third kappa shape index (κ3) is 3.23. The highest BCUT2D eigenvalue weighted by Gasteiger charge is 2.15. The fourth-order valence-corrected chi connectivity index (χ4v) is 4.72. The van der Waals surface area contributed by atoms with E-state index < -0.39 is 0 Å². The summed E-state index contributed by atoms with van der Waals surface area (Å²) < 4.78 is 0. The number of thioether (sulfide) groups is 1. The van der Waals surface area contributed by atoms with Crippen LogP contribution in [0.5, 0.6) is 0 Å². The smallest absolute Gasteiger partial charge is 0.173 e. The van der Waals surface area contributed by atoms with Gasteiger partial charge in [-0.05, 0) is 57.4 Å². The van der Waals surface area contributed by atoms with Gasteiger partial charge in [0.2, 0.25) is 0 Å². The van der Waals surface area contributed by atoms with Crippen LogP contribution >= 0.6 is 23.1 Å². The van der Waals surface area contributed by atoms with E-state index in [9.17, 15) is 4.79 Å². The summed E-state index contributed by atoms with van der Waals surface area (Å²) >= 11 is 3.20. The van der Waals surface area contributed by atoms with E-state index in [2.05, 4.69) is 30.7 Å². The van der Waals surface area contributed by atoms with Crippen molar-refractivity contribution < 1.29 is 4.79 Å². The fraction of sp³-hybridized carbons (Fsp3) is 0.316. The zero-order chi connectivity index (χ0) is 17.4. The van der Waals surface area contributed by atoms with Gasteiger partial charge in [-0.15, -0.1) is 11.3 Å². The van der Waals surface area contributed by atoms with Gasteiger partial charge in [-0.3, -0.25) is 4.79 Å². The molecule has 0 atom stereocenters. The summed E-state index contributed by atoms with van der Waals surface area (Å²) in [6, 6.07) is 5.89. The molecule has 3 nitrogen and oxygen atoms in total. The molecule has 0 spiro atoms. The van der Waals surface area contributed by atoms with E-state index in [4.69, 9.17) is 0 Å². The Labute approximate surface area is 150 Å². The number of aryl methyl sites for hydroxylation is 5. The average molecular weight is 357 g/mol. The molecule has 0 aliphatic heterocycles. The molecule has 0 saturated carbocycles. The van der Waals surface area contributed by atoms with Crippen LogP contribution in [0.15, 0.2) is 23.2 Å². The molecule has 0 saturated heterocycles. The first-order chi connectivity index (χ1) is 11.4. The van der Waals surface area contributed by atoms with Crippen LogP contribution < -0.4 is 0 Å². The molecule has 0 unspecified atom stereocenters. The van der Waals surface area contributed by atoms with Crippen molar-refractivity contribution in [2.24, 2.45) is 0 Å². The minimum Gasteiger partial charge on any atom is -0.293 e. The van der Waals surface area contributed by atoms with E-state index in [1.54, 1.807) is 11.3 Å². The van der Waals surface area contributed by atoms with Crippen molar-refractivity contribution in [3.8, 4) is 0 Å². The van der Waals surface area contributed by atoms with Gasteiger partial charge in [-0.1, -0.05) is 23.9 Å². The number of hydrogen-bond donors (Lipinski definition) is 0. The first-order valence-corrected chi connectivity index (χ1v) is 9.64. The van der Waals surface area contributed by atoms with Crippen molar-refractivity contribution in [3.63, 3.8) is 0 Å². The molecule has 3 rings (SSSR count). The first kappa shape index (κ1) is 17.1. The lowest BCUT2D eigenvalue weighted by Gasteiger charge is -2.06. The highest BCUT2D eigenvalue weighted by Crippen LogP contribution is 2.35. The molecule has 0 aliphatic rings. The lowest BCUT2D eigenvalue weighted by molar-refractivity contribution is 0.102. The first-order valence-electron chi connectivity index (χ1n) is 7.84. The van der Waals surface area contributed by atoms with Crippen LogP contribution in [0.4, 0.5) is 0 Å². The van der Waals surface area contributed by atoms with Gasteiger partial charge in [0.25, 0.3) is 0 Å². The van der Waals surface area contributed by atoms with Crippen molar-refractivity contribution in [1.29, 1.82) is 0 Å². The standard InChI is InChI=1S/C19H20N2OS2/c1-10-6-7-15(8-11(10)2)16(22)9-23-18-17-12(3)13(4)24-19(17)21-14(5)20-18/h6-8H,9H2,1-5H3. The highest BCUT2D eigenvalue weighted by molar-refractivity contribution is 8.00. The predicted molar refractivity (Wildman–Crippen MR) is 103 cm³/mol. The zero-order valence-electron chi connectivity index (χ0n) is 14.6. The third-order valence-electron chi connectivity index (χ3n) is 4.28. The summed E-state index contributed by atoms with van der Waals surface area (Å²) in [5.41, 5.74) is 4.34. The summed E-state index contributed by atoms with van der Waals surface area (Å²) in [6.07, 6.45) is 0. The van der Waals surface area contributed by atoms with Crippen LogP contribution in [0, 0.1) is 34.6 Å². The van der Waals surface area contributed by atoms with Crippen LogP contribution in [0.25, 0.3) is 10.2 Å². The number of hydrogen-bond acceptors (Lipinski definition) is 5. The molecule has 1 aromatic carbocycles. The maximum Gasteiger partial charge on any atom is 0.173 e. The van der Waals surface area contributed by atoms with Gasteiger partial charge in [0.1, 0.15) is 15.7 Å². The van der Waals surface area contributed by atoms with Crippen LogP contribution in [0.2, 0.25) is 0 Å². The van der Waals surface area contributed by atoms with E-state index in [0.717, 1.165) is 32.2 Å². The Kier molecular flexibility index (Phi) is 4.74. The molecule has 0 radical (unpaired) electrons. The largest absolute Gasteiger partial charge is 0.293 e. The number of fused-ring (bicyclic) bond motifs is 1. The van der Waals surface area contributed by atoms with E-state index in [-0.39, 0.29) is 5.78 Å². The van der Waals surface area contributed by atoms with Gasteiger partial charge in [0, 0.05) is 15.8 Å². The molecule has 0 bridgehead atoms. The van der Waals surface area contributed by atoms with Crippen LogP contribution in [-0.4, -0.2) is 21.5 Å². The van der Waals surface area contributed by atoms with Gasteiger partial charge < -0.3 is 0 Å². The predicted octanol–water partition coefficient (Wildman–Crippen LogP) is 5.21. The maximum absolute atomic E-state index is 12.5. The van der Waals surface area contributed by atoms with Gasteiger partial charge >= 0.3 is 0 Å². The molecular formula is C19H20N2OS2. The Hall–Kier alpha value is -1.72. The van der Waals surface area contributed by atoms with Gasteiger partial charge in [0.15, 0.2) is 5.78 Å². The molecule has 0 amide bonds. The van der Waals surface area contributed by atoms with E-state index in [0.29, 0.717) is 5.75 Å². The summed E-state index contributed by atoms with van der Waals surface area (Å²) in [4.78, 5) is 23.9. The monoisotopic (exact) mass is 356 g/mol. The third-order valence-corrected chi connectivity index (χ3v) is 6.35. The minimum absolute atomic E-state index is 0.136. The van der Waals surface area contributed by atoms with Crippen molar-refractivity contribution in [2.45, 2.75) is 39.6 Å². The molecule has 0 aliphatic carbocycles. The molecular weight excluding hydrogens is 336 g/mol. The number of aromatic nitrogens is 2. The Bertz CT molecular complexity index is 944. The van der Waals surface area contributed by atoms with E-state index >= 15 is 0 Å². The van der Waals surface area contributed by atoms with Crippen molar-refractivity contribution in [3.05, 3.63) is 51.2 Å². The quantitative estimate of drug-likeness (QED) is 0.366. The van der Waals surface area contributed by atoms with Crippen LogP contribution in [0.1, 0.15) is 37.7 Å². The molecule has 5 heteroatoms. The second kappa shape index (κ2) is 6.65. The topological polar surface area (TPSA) is 42.9 Å². The number of nitrogens with zero attached hydrogens (tertiary/aromatic N) is 2. The van der Waals surface area contributed by atoms with E-state index in [1.807, 2.05) is 32.0 Å². The fourth-order valence-electron chi connectivity index (χ4n) is 2.55. The lowest BCUT2D eigenvalue weighted by atomic mass is 10.0. The number of Topliss-reactive ketones (excluding diaryl/α,β-unsaturated/α-hetero) is 1. The number of benzene rings is 1. The molecule has 3 aromatic rings. The summed E-state index contributed by atoms with van der Waals surface area (Å²) in [5.74, 6) is 1.28. The second-order valence-electron chi connectivity index (χ2n) is 6.05. The highest BCUT2D eigenvalue weighted by atomic mass is 32.2. The zero-order valence-corrected chi connectivity index (χ0v) is 16.2. The minimum atomic E-state index is 0.136. The molecule has 0 fully saturated rings. The van der Waals surface area contributed by atoms with Crippen LogP contribution in [0.3, 0.4) is 0 Å². The Morgan fingerprint density at radius 3 is 2.54 bits per heavy atom. The van der Waals surface area contributed by atoms with Crippen molar-refractivity contribution >= 4 is 39.1 Å². The maximum atomic E-state index is 12.5. The summed E-state index contributed by atoms with van der Waals surface area (Å²) in [5, 5.41) is 2.01. The van der Waals surface area contributed by atoms with Crippen molar-refractivity contribution in [2.75, 3.05) is 5.75 Å². The van der Waals surface area contributed by atoms with Gasteiger partial charge in [-0.2, -0.15) is 0 Å². The second-order valence-corrected chi connectivity index (χ2v) is 8.22. The Balaban J connectivity index is 1.87. The molecule has 24 heavy (non-hydrogen) atoms. The Morgan fingerprint density at radius 1 is 1.08 bits per heavy atom. The summed E-state index contributed by atoms with van der Waals surface area (Å²) in [6.45, 7) is 10.2. The number of rotatable bonds is 4. The van der Waals surface area contributed by atoms with Crippen LogP contribution in [-0.2, 0) is 0 Å². The van der Waals surface area contributed by atoms with Gasteiger partial charge in [-0.25, -0.2) is 9.97 Å². The number of thiophene rings is 1. The average Bonchev–Trinajstić information content (AvgIpc) is 2.81. The molecule has 2 aromatic heterocycles. The molecule has 124 valence electrons. The molecule has 0 N–H and O–H groups in total. The number of carbonyl (C=O) groups is 1. The van der Waals surface area contributed by atoms with E-state index in [1.165, 1.54) is 27.8 Å². The SMILES string of the molecule is Cc1nc(SCC(=O)c2ccc(C)c(C)c2)c2c(C)c(C)sc2n1. The molecule has 2 heterocycles. The number of ketones is 1. The van der Waals surface area contributed by atoms with Gasteiger partial charge in [0.05, 0.1) is 5.75 Å². The van der Waals surface area contributed by atoms with Crippen molar-refractivity contribution in [1.82, 2.24) is 9.97 Å². The Morgan fingerprint density at radius 2 is 1.83 bits per heavy atom.